The Bertz CT molecular complexity index is 736. The maximum absolute atomic E-state index is 13.3. The summed E-state index contributed by atoms with van der Waals surface area (Å²) in [5, 5.41) is 3.74. The van der Waals surface area contributed by atoms with Gasteiger partial charge >= 0.3 is 0 Å². The first-order chi connectivity index (χ1) is 9.16. The molecule has 0 fully saturated rings. The number of anilines is 1. The number of rotatable bonds is 2. The van der Waals surface area contributed by atoms with E-state index in [2.05, 4.69) is 21.1 Å². The summed E-state index contributed by atoms with van der Waals surface area (Å²) in [6.07, 6.45) is 1.51. The zero-order valence-electron chi connectivity index (χ0n) is 9.56. The van der Waals surface area contributed by atoms with Gasteiger partial charge in [-0.15, -0.1) is 0 Å². The third-order valence-electron chi connectivity index (χ3n) is 2.69. The highest BCUT2D eigenvalue weighted by Gasteiger charge is 2.21. The Kier molecular flexibility index (Phi) is 2.87. The van der Waals surface area contributed by atoms with Crippen LogP contribution in [0.1, 0.15) is 0 Å². The minimum atomic E-state index is -0.352. The van der Waals surface area contributed by atoms with Crippen molar-refractivity contribution in [3.63, 3.8) is 0 Å². The lowest BCUT2D eigenvalue weighted by atomic mass is 10.0. The number of hydrogen-bond donors (Lipinski definition) is 1. The molecule has 3 aromatic rings. The van der Waals surface area contributed by atoms with E-state index in [1.807, 2.05) is 0 Å². The van der Waals surface area contributed by atoms with Crippen LogP contribution in [0.3, 0.4) is 0 Å². The fourth-order valence-electron chi connectivity index (χ4n) is 1.86. The number of hydrogen-bond acceptors (Lipinski definition) is 4. The maximum Gasteiger partial charge on any atom is 0.181 e. The van der Waals surface area contributed by atoms with Gasteiger partial charge in [-0.3, -0.25) is 0 Å². The number of benzene rings is 1. The molecule has 1 aromatic carbocycles. The van der Waals surface area contributed by atoms with Crippen molar-refractivity contribution in [1.29, 1.82) is 0 Å². The topological polar surface area (TPSA) is 65.2 Å². The van der Waals surface area contributed by atoms with Crippen molar-refractivity contribution in [2.45, 2.75) is 0 Å². The van der Waals surface area contributed by atoms with Gasteiger partial charge in [0.1, 0.15) is 5.82 Å². The molecule has 0 saturated carbocycles. The number of nitrogens with zero attached hydrogens (tertiary/aromatic N) is 1. The van der Waals surface area contributed by atoms with Crippen molar-refractivity contribution < 1.29 is 13.3 Å². The van der Waals surface area contributed by atoms with Crippen molar-refractivity contribution in [3.8, 4) is 22.5 Å². The average molecular weight is 323 g/mol. The number of furan rings is 1. The van der Waals surface area contributed by atoms with Gasteiger partial charge in [0.25, 0.3) is 0 Å². The molecule has 96 valence electrons. The van der Waals surface area contributed by atoms with Crippen LogP contribution in [-0.4, -0.2) is 5.16 Å². The van der Waals surface area contributed by atoms with Gasteiger partial charge in [-0.25, -0.2) is 4.39 Å². The summed E-state index contributed by atoms with van der Waals surface area (Å²) in [6.45, 7) is 0. The third-order valence-corrected chi connectivity index (χ3v) is 3.31. The van der Waals surface area contributed by atoms with Crippen molar-refractivity contribution in [3.05, 3.63) is 47.1 Å². The first-order valence-corrected chi connectivity index (χ1v) is 6.20. The average Bonchev–Trinajstić information content (AvgIpc) is 2.95. The molecule has 6 heteroatoms. The standard InChI is InChI=1S/C13H8BrFN2O2/c14-12-9(4-5-18-12)11-10(13(16)17-19-11)7-2-1-3-8(15)6-7/h1-6H,(H2,16,17). The predicted molar refractivity (Wildman–Crippen MR) is 71.7 cm³/mol. The monoisotopic (exact) mass is 322 g/mol. The predicted octanol–water partition coefficient (Wildman–Crippen LogP) is 4.09. The van der Waals surface area contributed by atoms with Crippen LogP contribution >= 0.6 is 15.9 Å². The lowest BCUT2D eigenvalue weighted by Crippen LogP contribution is -1.89. The highest BCUT2D eigenvalue weighted by Crippen LogP contribution is 2.39. The van der Waals surface area contributed by atoms with Crippen LogP contribution in [0.5, 0.6) is 0 Å². The second-order valence-corrected chi connectivity index (χ2v) is 4.61. The lowest BCUT2D eigenvalue weighted by Gasteiger charge is -2.01. The van der Waals surface area contributed by atoms with Crippen molar-refractivity contribution in [2.24, 2.45) is 0 Å². The van der Waals surface area contributed by atoms with E-state index in [4.69, 9.17) is 14.7 Å². The summed E-state index contributed by atoms with van der Waals surface area (Å²) in [5.74, 6) is 0.285. The molecule has 2 N–H and O–H groups in total. The second-order valence-electron chi connectivity index (χ2n) is 3.89. The molecule has 0 atom stereocenters. The highest BCUT2D eigenvalue weighted by molar-refractivity contribution is 9.10. The second kappa shape index (κ2) is 4.55. The molecule has 0 unspecified atom stereocenters. The summed E-state index contributed by atoms with van der Waals surface area (Å²) >= 11 is 3.26. The molecule has 0 aliphatic heterocycles. The van der Waals surface area contributed by atoms with Gasteiger partial charge in [0.05, 0.1) is 17.4 Å². The van der Waals surface area contributed by atoms with Crippen LogP contribution in [-0.2, 0) is 0 Å². The zero-order chi connectivity index (χ0) is 13.4. The van der Waals surface area contributed by atoms with Crippen LogP contribution in [0.25, 0.3) is 22.5 Å². The zero-order valence-corrected chi connectivity index (χ0v) is 11.1. The molecule has 0 saturated heterocycles. The molecule has 0 aliphatic carbocycles. The molecule has 0 aliphatic rings. The fraction of sp³-hybridized carbons (Fsp3) is 0. The van der Waals surface area contributed by atoms with Crippen LogP contribution < -0.4 is 5.73 Å². The van der Waals surface area contributed by atoms with Crippen molar-refractivity contribution >= 4 is 21.7 Å². The molecule has 0 bridgehead atoms. The Balaban J connectivity index is 2.22. The Labute approximate surface area is 116 Å². The van der Waals surface area contributed by atoms with Gasteiger partial charge < -0.3 is 14.7 Å². The summed E-state index contributed by atoms with van der Waals surface area (Å²) in [7, 11) is 0. The smallest absolute Gasteiger partial charge is 0.181 e. The molecule has 19 heavy (non-hydrogen) atoms. The largest absolute Gasteiger partial charge is 0.457 e. The van der Waals surface area contributed by atoms with Crippen molar-refractivity contribution in [2.75, 3.05) is 5.73 Å². The highest BCUT2D eigenvalue weighted by atomic mass is 79.9. The molecular formula is C13H8BrFN2O2. The SMILES string of the molecule is Nc1noc(-c2ccoc2Br)c1-c1cccc(F)c1. The molecule has 0 radical (unpaired) electrons. The van der Waals surface area contributed by atoms with Crippen molar-refractivity contribution in [1.82, 2.24) is 5.16 Å². The van der Waals surface area contributed by atoms with Crippen LogP contribution in [0.15, 0.2) is 50.2 Å². The van der Waals surface area contributed by atoms with E-state index in [1.54, 1.807) is 18.2 Å². The van der Waals surface area contributed by atoms with Gasteiger partial charge in [-0.2, -0.15) is 0 Å². The van der Waals surface area contributed by atoms with E-state index < -0.39 is 0 Å². The Morgan fingerprint density at radius 3 is 2.79 bits per heavy atom. The molecular weight excluding hydrogens is 315 g/mol. The lowest BCUT2D eigenvalue weighted by molar-refractivity contribution is 0.434. The van der Waals surface area contributed by atoms with Gasteiger partial charge in [0, 0.05) is 0 Å². The third kappa shape index (κ3) is 2.04. The minimum absolute atomic E-state index is 0.203. The molecule has 0 spiro atoms. The summed E-state index contributed by atoms with van der Waals surface area (Å²) in [4.78, 5) is 0. The molecule has 4 nitrogen and oxygen atoms in total. The normalized spacial score (nSPS) is 10.8. The first-order valence-electron chi connectivity index (χ1n) is 5.41. The summed E-state index contributed by atoms with van der Waals surface area (Å²) < 4.78 is 24.2. The van der Waals surface area contributed by atoms with Crippen LogP contribution in [0.2, 0.25) is 0 Å². The van der Waals surface area contributed by atoms with E-state index in [0.717, 1.165) is 0 Å². The van der Waals surface area contributed by atoms with Gasteiger partial charge in [-0.1, -0.05) is 17.3 Å². The van der Waals surface area contributed by atoms with Gasteiger partial charge in [0.2, 0.25) is 0 Å². The molecule has 3 rings (SSSR count). The Morgan fingerprint density at radius 1 is 1.26 bits per heavy atom. The Hall–Kier alpha value is -2.08. The van der Waals surface area contributed by atoms with E-state index in [9.17, 15) is 4.39 Å². The number of nitrogens with two attached hydrogens (primary N) is 1. The van der Waals surface area contributed by atoms with Gasteiger partial charge in [0.15, 0.2) is 16.2 Å². The minimum Gasteiger partial charge on any atom is -0.457 e. The van der Waals surface area contributed by atoms with Gasteiger partial charge in [-0.05, 0) is 39.7 Å². The van der Waals surface area contributed by atoms with E-state index in [-0.39, 0.29) is 11.6 Å². The van der Waals surface area contributed by atoms with E-state index >= 15 is 0 Å². The van der Waals surface area contributed by atoms with E-state index in [1.165, 1.54) is 18.4 Å². The number of aromatic nitrogens is 1. The summed E-state index contributed by atoms with van der Waals surface area (Å²) in [6, 6.07) is 7.79. The van der Waals surface area contributed by atoms with Crippen LogP contribution in [0.4, 0.5) is 10.2 Å². The summed E-state index contributed by atoms with van der Waals surface area (Å²) in [5.41, 5.74) is 7.62. The van der Waals surface area contributed by atoms with E-state index in [0.29, 0.717) is 27.1 Å². The maximum atomic E-state index is 13.3. The quantitative estimate of drug-likeness (QED) is 0.771. The molecule has 2 heterocycles. The Morgan fingerprint density at radius 2 is 2.11 bits per heavy atom. The van der Waals surface area contributed by atoms with Crippen LogP contribution in [0, 0.1) is 5.82 Å². The number of halogens is 2. The number of nitrogen functional groups attached to an aromatic ring is 1. The molecule has 0 amide bonds. The fourth-order valence-corrected chi connectivity index (χ4v) is 2.29. The molecule has 2 aromatic heterocycles. The first kappa shape index (κ1) is 12.0.